The molecule has 0 unspecified atom stereocenters. The smallest absolute Gasteiger partial charge is 0.264 e. The van der Waals surface area contributed by atoms with E-state index < -0.39 is 32.2 Å². The molecule has 0 aliphatic rings. The number of sulfonamides is 1. The standard InChI is InChI=1S/C13H11BrF2N2O2S/c1-7-6-8(14)2-4-10(7)18-21(19,20)11-5-3-9(15)13(17)12(11)16/h2-6,18H,17H2,1H3. The van der Waals surface area contributed by atoms with Crippen LogP contribution in [0.3, 0.4) is 0 Å². The quantitative estimate of drug-likeness (QED) is 0.806. The first-order valence-electron chi connectivity index (χ1n) is 5.75. The first-order valence-corrected chi connectivity index (χ1v) is 8.02. The first kappa shape index (κ1) is 15.7. The lowest BCUT2D eigenvalue weighted by atomic mass is 10.2. The number of halogens is 3. The highest BCUT2D eigenvalue weighted by atomic mass is 79.9. The molecule has 0 amide bonds. The molecule has 2 aromatic carbocycles. The lowest BCUT2D eigenvalue weighted by Gasteiger charge is -2.12. The highest BCUT2D eigenvalue weighted by Gasteiger charge is 2.23. The molecule has 0 aliphatic heterocycles. The van der Waals surface area contributed by atoms with Crippen LogP contribution >= 0.6 is 15.9 Å². The van der Waals surface area contributed by atoms with Gasteiger partial charge < -0.3 is 5.73 Å². The summed E-state index contributed by atoms with van der Waals surface area (Å²) in [6, 6.07) is 6.51. The highest BCUT2D eigenvalue weighted by Crippen LogP contribution is 2.27. The number of aryl methyl sites for hydroxylation is 1. The van der Waals surface area contributed by atoms with Crippen LogP contribution in [0.15, 0.2) is 39.7 Å². The zero-order chi connectivity index (χ0) is 15.8. The zero-order valence-corrected chi connectivity index (χ0v) is 13.2. The van der Waals surface area contributed by atoms with Crippen molar-refractivity contribution in [3.05, 3.63) is 52.0 Å². The van der Waals surface area contributed by atoms with Crippen molar-refractivity contribution in [1.29, 1.82) is 0 Å². The number of nitrogens with one attached hydrogen (secondary N) is 1. The van der Waals surface area contributed by atoms with Crippen molar-refractivity contribution < 1.29 is 17.2 Å². The van der Waals surface area contributed by atoms with Crippen molar-refractivity contribution >= 4 is 37.3 Å². The number of nitrogens with two attached hydrogens (primary N) is 1. The summed E-state index contributed by atoms with van der Waals surface area (Å²) in [6.07, 6.45) is 0. The van der Waals surface area contributed by atoms with Crippen molar-refractivity contribution in [2.75, 3.05) is 10.5 Å². The maximum Gasteiger partial charge on any atom is 0.264 e. The zero-order valence-electron chi connectivity index (χ0n) is 10.8. The third kappa shape index (κ3) is 3.16. The third-order valence-corrected chi connectivity index (χ3v) is 4.69. The van der Waals surface area contributed by atoms with E-state index in [1.165, 1.54) is 6.07 Å². The topological polar surface area (TPSA) is 72.2 Å². The molecular weight excluding hydrogens is 366 g/mol. The second kappa shape index (κ2) is 5.61. The van der Waals surface area contributed by atoms with Crippen LogP contribution in [-0.4, -0.2) is 8.42 Å². The Morgan fingerprint density at radius 3 is 2.48 bits per heavy atom. The van der Waals surface area contributed by atoms with Crippen molar-refractivity contribution in [2.45, 2.75) is 11.8 Å². The van der Waals surface area contributed by atoms with Crippen LogP contribution in [0.1, 0.15) is 5.56 Å². The molecule has 0 saturated carbocycles. The number of rotatable bonds is 3. The van der Waals surface area contributed by atoms with E-state index in [1.807, 2.05) is 0 Å². The van der Waals surface area contributed by atoms with Crippen LogP contribution in [0.2, 0.25) is 0 Å². The molecule has 0 fully saturated rings. The van der Waals surface area contributed by atoms with E-state index >= 15 is 0 Å². The Labute approximate surface area is 129 Å². The number of nitrogen functional groups attached to an aromatic ring is 1. The lowest BCUT2D eigenvalue weighted by Crippen LogP contribution is -2.16. The summed E-state index contributed by atoms with van der Waals surface area (Å²) in [5.74, 6) is -2.32. The largest absolute Gasteiger partial charge is 0.394 e. The summed E-state index contributed by atoms with van der Waals surface area (Å²) >= 11 is 3.25. The Hall–Kier alpha value is -1.67. The van der Waals surface area contributed by atoms with Crippen LogP contribution in [0.5, 0.6) is 0 Å². The molecule has 0 spiro atoms. The van der Waals surface area contributed by atoms with Crippen LogP contribution in [-0.2, 0) is 10.0 Å². The maximum absolute atomic E-state index is 13.8. The fraction of sp³-hybridized carbons (Fsp3) is 0.0769. The van der Waals surface area contributed by atoms with E-state index in [1.54, 1.807) is 19.1 Å². The summed E-state index contributed by atoms with van der Waals surface area (Å²) in [6.45, 7) is 1.69. The second-order valence-electron chi connectivity index (χ2n) is 4.34. The minimum absolute atomic E-state index is 0.292. The molecule has 0 aromatic heterocycles. The van der Waals surface area contributed by atoms with Gasteiger partial charge in [-0.05, 0) is 42.8 Å². The van der Waals surface area contributed by atoms with E-state index in [0.717, 1.165) is 16.6 Å². The molecule has 8 heteroatoms. The predicted octanol–water partition coefficient (Wildman–Crippen LogP) is 3.42. The fourth-order valence-electron chi connectivity index (χ4n) is 1.70. The van der Waals surface area contributed by atoms with Crippen LogP contribution in [0.25, 0.3) is 0 Å². The van der Waals surface area contributed by atoms with Crippen LogP contribution in [0.4, 0.5) is 20.2 Å². The number of hydrogen-bond acceptors (Lipinski definition) is 3. The molecule has 112 valence electrons. The van der Waals surface area contributed by atoms with Crippen LogP contribution in [0, 0.1) is 18.6 Å². The Bertz CT molecular complexity index is 810. The van der Waals surface area contributed by atoms with Gasteiger partial charge in [-0.2, -0.15) is 0 Å². The fourth-order valence-corrected chi connectivity index (χ4v) is 3.40. The van der Waals surface area contributed by atoms with Gasteiger partial charge in [0.1, 0.15) is 16.4 Å². The van der Waals surface area contributed by atoms with E-state index in [4.69, 9.17) is 5.73 Å². The molecule has 0 radical (unpaired) electrons. The van der Waals surface area contributed by atoms with Gasteiger partial charge in [-0.15, -0.1) is 0 Å². The average Bonchev–Trinajstić information content (AvgIpc) is 2.39. The van der Waals surface area contributed by atoms with Gasteiger partial charge in [-0.1, -0.05) is 15.9 Å². The molecule has 4 nitrogen and oxygen atoms in total. The van der Waals surface area contributed by atoms with Crippen molar-refractivity contribution in [3.63, 3.8) is 0 Å². The molecular formula is C13H11BrF2N2O2S. The monoisotopic (exact) mass is 376 g/mol. The molecule has 2 rings (SSSR count). The average molecular weight is 377 g/mol. The van der Waals surface area contributed by atoms with Gasteiger partial charge in [0.05, 0.1) is 5.69 Å². The molecule has 0 bridgehead atoms. The molecule has 0 saturated heterocycles. The Morgan fingerprint density at radius 1 is 1.19 bits per heavy atom. The summed E-state index contributed by atoms with van der Waals surface area (Å²) in [7, 11) is -4.21. The van der Waals surface area contributed by atoms with Gasteiger partial charge in [0.15, 0.2) is 5.82 Å². The van der Waals surface area contributed by atoms with E-state index in [2.05, 4.69) is 20.7 Å². The first-order chi connectivity index (χ1) is 9.72. The Kier molecular flexibility index (Phi) is 4.20. The molecule has 2 aromatic rings. The van der Waals surface area contributed by atoms with Gasteiger partial charge in [0.2, 0.25) is 0 Å². The predicted molar refractivity (Wildman–Crippen MR) is 80.5 cm³/mol. The van der Waals surface area contributed by atoms with E-state index in [9.17, 15) is 17.2 Å². The summed E-state index contributed by atoms with van der Waals surface area (Å²) in [4.78, 5) is -0.705. The Balaban J connectivity index is 2.46. The lowest BCUT2D eigenvalue weighted by molar-refractivity contribution is 0.557. The molecule has 3 N–H and O–H groups in total. The number of anilines is 2. The van der Waals surface area contributed by atoms with Crippen molar-refractivity contribution in [3.8, 4) is 0 Å². The minimum Gasteiger partial charge on any atom is -0.394 e. The van der Waals surface area contributed by atoms with Gasteiger partial charge in [0.25, 0.3) is 10.0 Å². The number of hydrogen-bond donors (Lipinski definition) is 2. The van der Waals surface area contributed by atoms with E-state index in [-0.39, 0.29) is 0 Å². The normalized spacial score (nSPS) is 11.4. The third-order valence-electron chi connectivity index (χ3n) is 2.81. The molecule has 21 heavy (non-hydrogen) atoms. The van der Waals surface area contributed by atoms with Crippen molar-refractivity contribution in [2.24, 2.45) is 0 Å². The van der Waals surface area contributed by atoms with Gasteiger partial charge >= 0.3 is 0 Å². The minimum atomic E-state index is -4.21. The highest BCUT2D eigenvalue weighted by molar-refractivity contribution is 9.10. The summed E-state index contributed by atoms with van der Waals surface area (Å²) in [5, 5.41) is 0. The van der Waals surface area contributed by atoms with Crippen LogP contribution < -0.4 is 10.5 Å². The van der Waals surface area contributed by atoms with Crippen molar-refractivity contribution in [1.82, 2.24) is 0 Å². The van der Waals surface area contributed by atoms with Gasteiger partial charge in [-0.25, -0.2) is 17.2 Å². The molecule has 0 heterocycles. The van der Waals surface area contributed by atoms with Gasteiger partial charge in [0, 0.05) is 4.47 Å². The SMILES string of the molecule is Cc1cc(Br)ccc1NS(=O)(=O)c1ccc(F)c(N)c1F. The molecule has 0 atom stereocenters. The summed E-state index contributed by atoms with van der Waals surface area (Å²) in [5.41, 5.74) is 5.28. The second-order valence-corrected chi connectivity index (χ2v) is 6.90. The van der Waals surface area contributed by atoms with E-state index in [0.29, 0.717) is 11.3 Å². The Morgan fingerprint density at radius 2 is 1.86 bits per heavy atom. The number of benzene rings is 2. The molecule has 0 aliphatic carbocycles. The van der Waals surface area contributed by atoms with Gasteiger partial charge in [-0.3, -0.25) is 4.72 Å². The summed E-state index contributed by atoms with van der Waals surface area (Å²) < 4.78 is 54.3. The maximum atomic E-state index is 13.8.